The fourth-order valence-corrected chi connectivity index (χ4v) is 0.223. The molecule has 1 aromatic heterocycles. The van der Waals surface area contributed by atoms with Crippen molar-refractivity contribution in [3.8, 4) is 0 Å². The van der Waals surface area contributed by atoms with Crippen molar-refractivity contribution in [2.75, 3.05) is 0 Å². The second-order valence-corrected chi connectivity index (χ2v) is 0.978. The van der Waals surface area contributed by atoms with Gasteiger partial charge in [0.1, 0.15) is 0 Å². The summed E-state index contributed by atoms with van der Waals surface area (Å²) in [5, 5.41) is 3.43. The number of rotatable bonds is 0. The van der Waals surface area contributed by atoms with Crippen molar-refractivity contribution < 1.29 is 4.52 Å². The van der Waals surface area contributed by atoms with Gasteiger partial charge in [0, 0.05) is 51.4 Å². The summed E-state index contributed by atoms with van der Waals surface area (Å²) >= 11 is 0. The number of hydrogen-bond acceptors (Lipinski definition) is 3. The molecule has 1 aromatic rings. The van der Waals surface area contributed by atoms with E-state index in [9.17, 15) is 0 Å². The van der Waals surface area contributed by atoms with Gasteiger partial charge in [0.15, 0.2) is 5.82 Å². The van der Waals surface area contributed by atoms with Crippen LogP contribution in [0.3, 0.4) is 0 Å². The Kier molecular flexibility index (Phi) is 4.15. The van der Waals surface area contributed by atoms with Gasteiger partial charge in [0.25, 0.3) is 0 Å². The molecule has 1 radical (unpaired) electrons. The van der Waals surface area contributed by atoms with Gasteiger partial charge >= 0.3 is 0 Å². The van der Waals surface area contributed by atoms with Crippen molar-refractivity contribution in [3.63, 3.8) is 0 Å². The van der Waals surface area contributed by atoms with Crippen LogP contribution in [0.2, 0.25) is 0 Å². The van der Waals surface area contributed by atoms with E-state index in [1.165, 1.54) is 6.39 Å². The molecule has 3 nitrogen and oxygen atoms in total. The Bertz CT molecular complexity index is 116. The van der Waals surface area contributed by atoms with E-state index in [0.717, 1.165) is 0 Å². The number of aromatic nitrogens is 2. The van der Waals surface area contributed by atoms with Crippen LogP contribution in [0.5, 0.6) is 0 Å². The third kappa shape index (κ3) is 2.56. The Labute approximate surface area is 83.9 Å². The first-order chi connectivity index (χ1) is 2.89. The van der Waals surface area contributed by atoms with E-state index < -0.39 is 0 Å². The van der Waals surface area contributed by atoms with Gasteiger partial charge in [-0.25, -0.2) is 0 Å². The molecule has 0 saturated heterocycles. The molecule has 0 aromatic carbocycles. The summed E-state index contributed by atoms with van der Waals surface area (Å²) in [5.74, 6) is 0.676. The molecule has 0 aliphatic carbocycles. The van der Waals surface area contributed by atoms with Gasteiger partial charge in [0.2, 0.25) is 6.39 Å². The predicted molar refractivity (Wildman–Crippen MR) is 24.8 cm³/mol. The van der Waals surface area contributed by atoms with E-state index in [1.54, 1.807) is 6.92 Å². The largest absolute Gasteiger partial charge is 0.343 e. The van der Waals surface area contributed by atoms with Crippen molar-refractivity contribution in [2.45, 2.75) is 6.92 Å². The summed E-state index contributed by atoms with van der Waals surface area (Å²) in [5.41, 5.74) is 0. The molecular weight excluding hydrogens is 119 g/mol. The van der Waals surface area contributed by atoms with Gasteiger partial charge in [0.05, 0.1) is 0 Å². The zero-order chi connectivity index (χ0) is 4.41. The Balaban J connectivity index is 0.000000360. The molecule has 1 heterocycles. The van der Waals surface area contributed by atoms with Gasteiger partial charge in [-0.15, -0.1) is 0 Å². The maximum absolute atomic E-state index is 4.35. The van der Waals surface area contributed by atoms with E-state index in [-0.39, 0.29) is 51.4 Å². The molecule has 0 fully saturated rings. The standard InChI is InChI=1S/C3H4N2O.K/c1-3-4-2-6-5-3;/h2H,1H3;. The first-order valence-corrected chi connectivity index (χ1v) is 1.62. The molecule has 0 N–H and O–H groups in total. The van der Waals surface area contributed by atoms with E-state index >= 15 is 0 Å². The fourth-order valence-electron chi connectivity index (χ4n) is 0.223. The van der Waals surface area contributed by atoms with Crippen molar-refractivity contribution in [3.05, 3.63) is 12.2 Å². The molecule has 33 valence electrons. The van der Waals surface area contributed by atoms with Gasteiger partial charge in [-0.3, -0.25) is 0 Å². The number of nitrogens with zero attached hydrogens (tertiary/aromatic N) is 2. The monoisotopic (exact) mass is 123 g/mol. The smallest absolute Gasteiger partial charge is 0.213 e. The quantitative estimate of drug-likeness (QED) is 0.456. The second kappa shape index (κ2) is 3.74. The van der Waals surface area contributed by atoms with E-state index in [1.807, 2.05) is 0 Å². The fraction of sp³-hybridized carbons (Fsp3) is 0.333. The van der Waals surface area contributed by atoms with E-state index in [2.05, 4.69) is 14.7 Å². The molecule has 0 saturated carbocycles. The first-order valence-electron chi connectivity index (χ1n) is 1.62. The minimum atomic E-state index is 0. The summed E-state index contributed by atoms with van der Waals surface area (Å²) in [6.07, 6.45) is 1.30. The summed E-state index contributed by atoms with van der Waals surface area (Å²) in [6.45, 7) is 1.77. The molecule has 0 aliphatic rings. The zero-order valence-electron chi connectivity index (χ0n) is 4.38. The SMILES string of the molecule is Cc1ncon1.[K]. The van der Waals surface area contributed by atoms with Crippen LogP contribution in [0.25, 0.3) is 0 Å². The van der Waals surface area contributed by atoms with Crippen molar-refractivity contribution in [1.29, 1.82) is 0 Å². The van der Waals surface area contributed by atoms with Crippen LogP contribution in [-0.4, -0.2) is 61.5 Å². The maximum atomic E-state index is 4.35. The topological polar surface area (TPSA) is 38.9 Å². The first kappa shape index (κ1) is 7.78. The summed E-state index contributed by atoms with van der Waals surface area (Å²) in [6, 6.07) is 0. The maximum Gasteiger partial charge on any atom is 0.213 e. The van der Waals surface area contributed by atoms with Crippen molar-refractivity contribution in [1.82, 2.24) is 10.1 Å². The van der Waals surface area contributed by atoms with Gasteiger partial charge < -0.3 is 4.52 Å². The molecule has 4 heteroatoms. The van der Waals surface area contributed by atoms with Crippen LogP contribution in [0, 0.1) is 6.92 Å². The van der Waals surface area contributed by atoms with Crippen molar-refractivity contribution >= 4 is 51.4 Å². The molecule has 7 heavy (non-hydrogen) atoms. The third-order valence-electron chi connectivity index (χ3n) is 0.471. The molecule has 1 rings (SSSR count). The molecule has 0 aliphatic heterocycles. The zero-order valence-corrected chi connectivity index (χ0v) is 7.50. The second-order valence-electron chi connectivity index (χ2n) is 0.978. The predicted octanol–water partition coefficient (Wildman–Crippen LogP) is -0.00278. The number of hydrogen-bond donors (Lipinski definition) is 0. The van der Waals surface area contributed by atoms with Crippen LogP contribution >= 0.6 is 0 Å². The molecule has 0 atom stereocenters. The Morgan fingerprint density at radius 2 is 2.43 bits per heavy atom. The third-order valence-corrected chi connectivity index (χ3v) is 0.471. The number of aryl methyl sites for hydroxylation is 1. The average molecular weight is 123 g/mol. The molecule has 0 amide bonds. The van der Waals surface area contributed by atoms with Gasteiger partial charge in [-0.1, -0.05) is 5.16 Å². The minimum absolute atomic E-state index is 0. The average Bonchev–Trinajstić information content (AvgIpc) is 1.86. The summed E-state index contributed by atoms with van der Waals surface area (Å²) in [4.78, 5) is 3.64. The minimum Gasteiger partial charge on any atom is -0.343 e. The molecule has 0 spiro atoms. The van der Waals surface area contributed by atoms with E-state index in [4.69, 9.17) is 0 Å². The van der Waals surface area contributed by atoms with Crippen LogP contribution in [-0.2, 0) is 0 Å². The van der Waals surface area contributed by atoms with E-state index in [0.29, 0.717) is 5.82 Å². The normalized spacial score (nSPS) is 7.57. The van der Waals surface area contributed by atoms with Crippen LogP contribution in [0.4, 0.5) is 0 Å². The molecular formula is C3H4KN2O. The van der Waals surface area contributed by atoms with Gasteiger partial charge in [-0.2, -0.15) is 4.98 Å². The van der Waals surface area contributed by atoms with Crippen LogP contribution in [0.15, 0.2) is 10.9 Å². The molecule has 0 bridgehead atoms. The summed E-state index contributed by atoms with van der Waals surface area (Å²) in [7, 11) is 0. The van der Waals surface area contributed by atoms with Gasteiger partial charge in [-0.05, 0) is 6.92 Å². The summed E-state index contributed by atoms with van der Waals surface area (Å²) < 4.78 is 4.35. The van der Waals surface area contributed by atoms with Crippen LogP contribution in [0.1, 0.15) is 5.82 Å². The van der Waals surface area contributed by atoms with Crippen LogP contribution < -0.4 is 0 Å². The van der Waals surface area contributed by atoms with Crippen molar-refractivity contribution in [2.24, 2.45) is 0 Å². The molecule has 0 unspecified atom stereocenters. The Morgan fingerprint density at radius 1 is 1.71 bits per heavy atom. The Morgan fingerprint density at radius 3 is 2.57 bits per heavy atom. The Hall–Kier alpha value is 0.776.